The summed E-state index contributed by atoms with van der Waals surface area (Å²) < 4.78 is 0. The third-order valence-electron chi connectivity index (χ3n) is 2.98. The van der Waals surface area contributed by atoms with E-state index < -0.39 is 5.91 Å². The highest BCUT2D eigenvalue weighted by atomic mass is 35.5. The van der Waals surface area contributed by atoms with Crippen LogP contribution in [0.2, 0.25) is 5.02 Å². The molecule has 0 spiro atoms. The first-order valence-corrected chi connectivity index (χ1v) is 7.15. The number of Topliss-reactive ketones (excluding diaryl/α,β-unsaturated/α-hetero) is 1. The van der Waals surface area contributed by atoms with Crippen molar-refractivity contribution < 1.29 is 9.59 Å². The number of hydrazone groups is 1. The van der Waals surface area contributed by atoms with Crippen molar-refractivity contribution in [1.82, 2.24) is 5.43 Å². The summed E-state index contributed by atoms with van der Waals surface area (Å²) in [7, 11) is 0. The van der Waals surface area contributed by atoms with Crippen molar-refractivity contribution in [3.05, 3.63) is 65.2 Å². The third-order valence-corrected chi connectivity index (χ3v) is 3.23. The van der Waals surface area contributed by atoms with Crippen LogP contribution in [0.4, 0.5) is 5.69 Å². The van der Waals surface area contributed by atoms with Crippen molar-refractivity contribution in [1.29, 1.82) is 0 Å². The monoisotopic (exact) mass is 330 g/mol. The van der Waals surface area contributed by atoms with E-state index in [4.69, 9.17) is 17.4 Å². The Morgan fingerprint density at radius 1 is 1.04 bits per heavy atom. The molecule has 4 N–H and O–H groups in total. The van der Waals surface area contributed by atoms with Gasteiger partial charge in [-0.3, -0.25) is 20.4 Å². The van der Waals surface area contributed by atoms with Crippen LogP contribution in [-0.4, -0.2) is 17.4 Å². The van der Waals surface area contributed by atoms with Crippen molar-refractivity contribution in [3.63, 3.8) is 0 Å². The second-order valence-corrected chi connectivity index (χ2v) is 5.05. The van der Waals surface area contributed by atoms with Gasteiger partial charge in [-0.2, -0.15) is 5.10 Å². The molecule has 0 heterocycles. The number of rotatable bonds is 6. The predicted octanol–water partition coefficient (Wildman–Crippen LogP) is 2.37. The van der Waals surface area contributed by atoms with Gasteiger partial charge in [0.15, 0.2) is 5.78 Å². The van der Waals surface area contributed by atoms with Gasteiger partial charge in [0.25, 0.3) is 5.91 Å². The number of benzene rings is 2. The van der Waals surface area contributed by atoms with Crippen LogP contribution in [0.1, 0.15) is 16.8 Å². The summed E-state index contributed by atoms with van der Waals surface area (Å²) in [5, 5.41) is 4.55. The zero-order valence-corrected chi connectivity index (χ0v) is 12.9. The van der Waals surface area contributed by atoms with E-state index in [1.54, 1.807) is 54.6 Å². The van der Waals surface area contributed by atoms with Crippen LogP contribution in [-0.2, 0) is 4.79 Å². The number of nitrogens with one attached hydrogen (secondary N) is 2. The molecular formula is C16H15ClN4O2. The van der Waals surface area contributed by atoms with Gasteiger partial charge in [-0.25, -0.2) is 5.84 Å². The van der Waals surface area contributed by atoms with Gasteiger partial charge >= 0.3 is 0 Å². The number of ketones is 1. The molecule has 23 heavy (non-hydrogen) atoms. The van der Waals surface area contributed by atoms with Gasteiger partial charge in [-0.15, -0.1) is 0 Å². The minimum atomic E-state index is -0.629. The molecule has 0 fully saturated rings. The molecule has 2 aromatic rings. The maximum absolute atomic E-state index is 12.2. The maximum atomic E-state index is 12.2. The average Bonchev–Trinajstić information content (AvgIpc) is 2.59. The lowest BCUT2D eigenvalue weighted by Crippen LogP contribution is -2.37. The van der Waals surface area contributed by atoms with E-state index in [9.17, 15) is 9.59 Å². The standard InChI is InChI=1S/C16H15ClN4O2/c17-12-6-8-13(9-7-12)20-21-14(16(23)19-18)10-15(22)11-4-2-1-3-5-11/h1-9,20H,10,18H2,(H,19,23)/b21-14+. The molecule has 0 aliphatic carbocycles. The number of hydrazine groups is 1. The van der Waals surface area contributed by atoms with Crippen LogP contribution in [0.3, 0.4) is 0 Å². The normalized spacial score (nSPS) is 11.0. The predicted molar refractivity (Wildman–Crippen MR) is 90.2 cm³/mol. The fraction of sp³-hybridized carbons (Fsp3) is 0.0625. The molecule has 0 aliphatic heterocycles. The molecule has 0 saturated heterocycles. The number of carbonyl (C=O) groups is 2. The molecular weight excluding hydrogens is 316 g/mol. The number of hydrogen-bond donors (Lipinski definition) is 3. The van der Waals surface area contributed by atoms with E-state index in [1.165, 1.54) is 0 Å². The zero-order chi connectivity index (χ0) is 16.7. The maximum Gasteiger partial charge on any atom is 0.281 e. The molecule has 0 radical (unpaired) electrons. The summed E-state index contributed by atoms with van der Waals surface area (Å²) >= 11 is 5.80. The Balaban J connectivity index is 2.13. The second kappa shape index (κ2) is 8.07. The molecule has 0 aromatic heterocycles. The number of hydrogen-bond acceptors (Lipinski definition) is 5. The lowest BCUT2D eigenvalue weighted by molar-refractivity contribution is -0.115. The first-order valence-electron chi connectivity index (χ1n) is 6.77. The Bertz CT molecular complexity index is 715. The Kier molecular flexibility index (Phi) is 5.85. The van der Waals surface area contributed by atoms with Crippen molar-refractivity contribution in [2.24, 2.45) is 10.9 Å². The highest BCUT2D eigenvalue weighted by Crippen LogP contribution is 2.13. The van der Waals surface area contributed by atoms with Crippen LogP contribution >= 0.6 is 11.6 Å². The zero-order valence-electron chi connectivity index (χ0n) is 12.1. The smallest absolute Gasteiger partial charge is 0.281 e. The largest absolute Gasteiger partial charge is 0.294 e. The average molecular weight is 331 g/mol. The van der Waals surface area contributed by atoms with E-state index in [-0.39, 0.29) is 17.9 Å². The van der Waals surface area contributed by atoms with Crippen LogP contribution in [0.15, 0.2) is 59.7 Å². The summed E-state index contributed by atoms with van der Waals surface area (Å²) in [6.07, 6.45) is -0.173. The summed E-state index contributed by atoms with van der Waals surface area (Å²) in [5.74, 6) is 4.28. The van der Waals surface area contributed by atoms with Crippen molar-refractivity contribution >= 4 is 34.7 Å². The van der Waals surface area contributed by atoms with Crippen LogP contribution in [0, 0.1) is 0 Å². The topological polar surface area (TPSA) is 96.6 Å². The van der Waals surface area contributed by atoms with E-state index in [0.717, 1.165) is 0 Å². The molecule has 0 saturated carbocycles. The molecule has 0 atom stereocenters. The fourth-order valence-corrected chi connectivity index (χ4v) is 1.91. The van der Waals surface area contributed by atoms with E-state index in [2.05, 4.69) is 10.5 Å². The van der Waals surface area contributed by atoms with Crippen molar-refractivity contribution in [2.75, 3.05) is 5.43 Å². The van der Waals surface area contributed by atoms with Gasteiger partial charge in [-0.1, -0.05) is 41.9 Å². The first kappa shape index (κ1) is 16.7. The Morgan fingerprint density at radius 3 is 2.30 bits per heavy atom. The number of halogens is 1. The van der Waals surface area contributed by atoms with Gasteiger partial charge in [0.2, 0.25) is 0 Å². The van der Waals surface area contributed by atoms with Crippen LogP contribution in [0.25, 0.3) is 0 Å². The minimum Gasteiger partial charge on any atom is -0.294 e. The first-order chi connectivity index (χ1) is 11.1. The summed E-state index contributed by atoms with van der Waals surface area (Å²) in [5.41, 5.74) is 5.80. The van der Waals surface area contributed by atoms with E-state index in [1.807, 2.05) is 5.43 Å². The number of amides is 1. The Labute approximate surface area is 138 Å². The van der Waals surface area contributed by atoms with Crippen molar-refractivity contribution in [2.45, 2.75) is 6.42 Å². The highest BCUT2D eigenvalue weighted by Gasteiger charge is 2.16. The Hall–Kier alpha value is -2.70. The van der Waals surface area contributed by atoms with E-state index in [0.29, 0.717) is 16.3 Å². The fourth-order valence-electron chi connectivity index (χ4n) is 1.79. The number of anilines is 1. The highest BCUT2D eigenvalue weighted by molar-refractivity contribution is 6.42. The molecule has 1 amide bonds. The van der Waals surface area contributed by atoms with Crippen LogP contribution < -0.4 is 16.7 Å². The lowest BCUT2D eigenvalue weighted by Gasteiger charge is -2.06. The van der Waals surface area contributed by atoms with Gasteiger partial charge in [0.05, 0.1) is 12.1 Å². The molecule has 0 bridgehead atoms. The molecule has 0 aliphatic rings. The molecule has 6 nitrogen and oxygen atoms in total. The van der Waals surface area contributed by atoms with Gasteiger partial charge in [0.1, 0.15) is 5.71 Å². The van der Waals surface area contributed by atoms with Gasteiger partial charge in [-0.05, 0) is 24.3 Å². The second-order valence-electron chi connectivity index (χ2n) is 4.62. The molecule has 0 unspecified atom stereocenters. The molecule has 118 valence electrons. The van der Waals surface area contributed by atoms with E-state index >= 15 is 0 Å². The lowest BCUT2D eigenvalue weighted by atomic mass is 10.1. The number of nitrogens with zero attached hydrogens (tertiary/aromatic N) is 1. The SMILES string of the molecule is NNC(=O)/C(CC(=O)c1ccccc1)=N/Nc1ccc(Cl)cc1. The number of carbonyl (C=O) groups excluding carboxylic acids is 2. The quantitative estimate of drug-likeness (QED) is 0.249. The molecule has 2 rings (SSSR count). The van der Waals surface area contributed by atoms with Crippen molar-refractivity contribution in [3.8, 4) is 0 Å². The minimum absolute atomic E-state index is 0.0173. The molecule has 2 aromatic carbocycles. The summed E-state index contributed by atoms with van der Waals surface area (Å²) in [4.78, 5) is 24.0. The summed E-state index contributed by atoms with van der Waals surface area (Å²) in [6.45, 7) is 0. The van der Waals surface area contributed by atoms with Crippen LogP contribution in [0.5, 0.6) is 0 Å². The van der Waals surface area contributed by atoms with Gasteiger partial charge < -0.3 is 0 Å². The molecule has 7 heteroatoms. The Morgan fingerprint density at radius 2 is 1.70 bits per heavy atom. The number of nitrogens with two attached hydrogens (primary N) is 1. The van der Waals surface area contributed by atoms with Gasteiger partial charge in [0, 0.05) is 10.6 Å². The summed E-state index contributed by atoms with van der Waals surface area (Å²) in [6, 6.07) is 15.4. The third kappa shape index (κ3) is 4.91.